The summed E-state index contributed by atoms with van der Waals surface area (Å²) in [5.41, 5.74) is -0.995. The molecule has 1 aromatic carbocycles. The summed E-state index contributed by atoms with van der Waals surface area (Å²) in [6.07, 6.45) is -4.31. The molecule has 150 valence electrons. The highest BCUT2D eigenvalue weighted by Gasteiger charge is 2.39. The molecule has 9 heteroatoms. The van der Waals surface area contributed by atoms with Crippen molar-refractivity contribution in [3.8, 4) is 5.88 Å². The standard InChI is InChI=1S/C19H19F3N2O4/c1-2-18(17(26)27,13-7-4-3-5-8-13)11-23-16(25)14-9-6-10-15(24-14)28-12-19(20,21)22/h3-10H,2,11-12H2,1H3,(H,23,25)(H,26,27). The van der Waals surface area contributed by atoms with Gasteiger partial charge in [-0.05, 0) is 18.1 Å². The van der Waals surface area contributed by atoms with Crippen molar-refractivity contribution in [3.05, 3.63) is 59.8 Å². The number of carbonyl (C=O) groups excluding carboxylic acids is 1. The van der Waals surface area contributed by atoms with Crippen molar-refractivity contribution >= 4 is 11.9 Å². The van der Waals surface area contributed by atoms with E-state index in [-0.39, 0.29) is 24.5 Å². The average molecular weight is 396 g/mol. The zero-order chi connectivity index (χ0) is 20.8. The Kier molecular flexibility index (Phi) is 6.61. The second-order valence-electron chi connectivity index (χ2n) is 6.05. The van der Waals surface area contributed by atoms with Crippen LogP contribution in [0.2, 0.25) is 0 Å². The van der Waals surface area contributed by atoms with Gasteiger partial charge in [0, 0.05) is 12.6 Å². The number of amides is 1. The normalized spacial score (nSPS) is 13.4. The number of carboxylic acid groups (broad SMARTS) is 1. The second kappa shape index (κ2) is 8.73. The first-order chi connectivity index (χ1) is 13.2. The summed E-state index contributed by atoms with van der Waals surface area (Å²) in [5, 5.41) is 12.3. The summed E-state index contributed by atoms with van der Waals surface area (Å²) in [6.45, 7) is -0.0504. The molecule has 1 aromatic heterocycles. The van der Waals surface area contributed by atoms with Gasteiger partial charge in [0.1, 0.15) is 11.1 Å². The molecule has 0 spiro atoms. The topological polar surface area (TPSA) is 88.5 Å². The van der Waals surface area contributed by atoms with E-state index in [2.05, 4.69) is 15.0 Å². The molecule has 2 rings (SSSR count). The summed E-state index contributed by atoms with van der Waals surface area (Å²) in [4.78, 5) is 28.1. The van der Waals surface area contributed by atoms with Crippen LogP contribution < -0.4 is 10.1 Å². The fourth-order valence-corrected chi connectivity index (χ4v) is 2.64. The molecule has 2 N–H and O–H groups in total. The van der Waals surface area contributed by atoms with Crippen LogP contribution in [0.5, 0.6) is 5.88 Å². The fourth-order valence-electron chi connectivity index (χ4n) is 2.64. The SMILES string of the molecule is CCC(CNC(=O)c1cccc(OCC(F)(F)F)n1)(C(=O)O)c1ccccc1. The number of benzene rings is 1. The van der Waals surface area contributed by atoms with Crippen LogP contribution in [0.25, 0.3) is 0 Å². The number of alkyl halides is 3. The maximum Gasteiger partial charge on any atom is 0.422 e. The number of nitrogens with one attached hydrogen (secondary N) is 1. The third-order valence-corrected chi connectivity index (χ3v) is 4.23. The Bertz CT molecular complexity index is 827. The first kappa shape index (κ1) is 21.2. The van der Waals surface area contributed by atoms with Crippen molar-refractivity contribution in [3.63, 3.8) is 0 Å². The van der Waals surface area contributed by atoms with Crippen LogP contribution in [-0.4, -0.2) is 41.3 Å². The van der Waals surface area contributed by atoms with E-state index in [1.807, 2.05) is 0 Å². The number of ether oxygens (including phenoxy) is 1. The highest BCUT2D eigenvalue weighted by molar-refractivity contribution is 5.93. The first-order valence-corrected chi connectivity index (χ1v) is 8.41. The molecule has 0 aliphatic rings. The Morgan fingerprint density at radius 1 is 1.11 bits per heavy atom. The number of nitrogens with zero attached hydrogens (tertiary/aromatic N) is 1. The Morgan fingerprint density at radius 3 is 2.36 bits per heavy atom. The lowest BCUT2D eigenvalue weighted by Gasteiger charge is -2.29. The molecular formula is C19H19F3N2O4. The number of rotatable bonds is 8. The zero-order valence-corrected chi connectivity index (χ0v) is 15.0. The largest absolute Gasteiger partial charge is 0.481 e. The van der Waals surface area contributed by atoms with E-state index in [1.165, 1.54) is 18.2 Å². The van der Waals surface area contributed by atoms with Gasteiger partial charge >= 0.3 is 12.1 Å². The molecule has 2 aromatic rings. The molecule has 28 heavy (non-hydrogen) atoms. The fraction of sp³-hybridized carbons (Fsp3) is 0.316. The molecule has 0 saturated carbocycles. The van der Waals surface area contributed by atoms with Crippen LogP contribution in [0.1, 0.15) is 29.4 Å². The van der Waals surface area contributed by atoms with Gasteiger partial charge in [-0.2, -0.15) is 13.2 Å². The zero-order valence-electron chi connectivity index (χ0n) is 15.0. The van der Waals surface area contributed by atoms with E-state index in [0.29, 0.717) is 5.56 Å². The van der Waals surface area contributed by atoms with Gasteiger partial charge in [-0.3, -0.25) is 9.59 Å². The van der Waals surface area contributed by atoms with Crippen LogP contribution in [-0.2, 0) is 10.2 Å². The van der Waals surface area contributed by atoms with E-state index in [1.54, 1.807) is 37.3 Å². The molecular weight excluding hydrogens is 377 g/mol. The Morgan fingerprint density at radius 2 is 1.79 bits per heavy atom. The molecule has 0 radical (unpaired) electrons. The second-order valence-corrected chi connectivity index (χ2v) is 6.05. The minimum absolute atomic E-state index is 0.178. The summed E-state index contributed by atoms with van der Waals surface area (Å²) in [5.74, 6) is -2.17. The molecule has 1 atom stereocenters. The predicted molar refractivity (Wildman–Crippen MR) is 94.2 cm³/mol. The van der Waals surface area contributed by atoms with Crippen LogP contribution in [0.15, 0.2) is 48.5 Å². The number of halogens is 3. The lowest BCUT2D eigenvalue weighted by atomic mass is 9.78. The highest BCUT2D eigenvalue weighted by Crippen LogP contribution is 2.28. The van der Waals surface area contributed by atoms with Gasteiger partial charge in [-0.1, -0.05) is 43.3 Å². The minimum atomic E-state index is -4.53. The summed E-state index contributed by atoms with van der Waals surface area (Å²) < 4.78 is 41.2. The Hall–Kier alpha value is -3.10. The number of carboxylic acids is 1. The Balaban J connectivity index is 2.14. The smallest absolute Gasteiger partial charge is 0.422 e. The number of aromatic nitrogens is 1. The Labute approximate surface area is 159 Å². The third kappa shape index (κ3) is 5.21. The van der Waals surface area contributed by atoms with E-state index in [9.17, 15) is 27.9 Å². The third-order valence-electron chi connectivity index (χ3n) is 4.23. The molecule has 0 bridgehead atoms. The van der Waals surface area contributed by atoms with E-state index < -0.39 is 30.1 Å². The molecule has 0 fully saturated rings. The number of pyridine rings is 1. The first-order valence-electron chi connectivity index (χ1n) is 8.41. The van der Waals surface area contributed by atoms with Crippen molar-refractivity contribution in [1.82, 2.24) is 10.3 Å². The maximum absolute atomic E-state index is 12.4. The van der Waals surface area contributed by atoms with E-state index >= 15 is 0 Å². The van der Waals surface area contributed by atoms with Gasteiger partial charge in [-0.25, -0.2) is 4.98 Å². The molecule has 0 saturated heterocycles. The van der Waals surface area contributed by atoms with Crippen molar-refractivity contribution in [2.45, 2.75) is 24.9 Å². The highest BCUT2D eigenvalue weighted by atomic mass is 19.4. The maximum atomic E-state index is 12.4. The lowest BCUT2D eigenvalue weighted by Crippen LogP contribution is -2.46. The molecule has 6 nitrogen and oxygen atoms in total. The predicted octanol–water partition coefficient (Wildman–Crippen LogP) is 3.19. The van der Waals surface area contributed by atoms with Gasteiger partial charge < -0.3 is 15.2 Å². The van der Waals surface area contributed by atoms with E-state index in [0.717, 1.165) is 0 Å². The van der Waals surface area contributed by atoms with Gasteiger partial charge in [0.05, 0.1) is 0 Å². The molecule has 0 aliphatic heterocycles. The van der Waals surface area contributed by atoms with Gasteiger partial charge in [-0.15, -0.1) is 0 Å². The molecule has 0 aliphatic carbocycles. The lowest BCUT2D eigenvalue weighted by molar-refractivity contribution is -0.154. The number of hydrogen-bond acceptors (Lipinski definition) is 4. The van der Waals surface area contributed by atoms with Gasteiger partial charge in [0.15, 0.2) is 6.61 Å². The van der Waals surface area contributed by atoms with Crippen molar-refractivity contribution < 1.29 is 32.6 Å². The van der Waals surface area contributed by atoms with Crippen LogP contribution in [0.3, 0.4) is 0 Å². The van der Waals surface area contributed by atoms with Crippen LogP contribution in [0, 0.1) is 0 Å². The summed E-state index contributed by atoms with van der Waals surface area (Å²) >= 11 is 0. The molecule has 1 heterocycles. The van der Waals surface area contributed by atoms with Gasteiger partial charge in [0.25, 0.3) is 5.91 Å². The van der Waals surface area contributed by atoms with Gasteiger partial charge in [0.2, 0.25) is 5.88 Å². The summed E-state index contributed by atoms with van der Waals surface area (Å²) in [7, 11) is 0. The average Bonchev–Trinajstić information content (AvgIpc) is 2.67. The van der Waals surface area contributed by atoms with Crippen LogP contribution in [0.4, 0.5) is 13.2 Å². The number of carbonyl (C=O) groups is 2. The van der Waals surface area contributed by atoms with Crippen LogP contribution >= 0.6 is 0 Å². The van der Waals surface area contributed by atoms with Crippen molar-refractivity contribution in [1.29, 1.82) is 0 Å². The number of aliphatic carboxylic acids is 1. The summed E-state index contributed by atoms with van der Waals surface area (Å²) in [6, 6.07) is 12.3. The van der Waals surface area contributed by atoms with Crippen molar-refractivity contribution in [2.24, 2.45) is 0 Å². The number of hydrogen-bond donors (Lipinski definition) is 2. The van der Waals surface area contributed by atoms with Crippen molar-refractivity contribution in [2.75, 3.05) is 13.2 Å². The minimum Gasteiger partial charge on any atom is -0.481 e. The molecule has 1 amide bonds. The molecule has 1 unspecified atom stereocenters. The quantitative estimate of drug-likeness (QED) is 0.716. The monoisotopic (exact) mass is 396 g/mol. The van der Waals surface area contributed by atoms with E-state index in [4.69, 9.17) is 0 Å².